The highest BCUT2D eigenvalue weighted by Crippen LogP contribution is 2.18. The Morgan fingerprint density at radius 1 is 1.73 bits per heavy atom. The van der Waals surface area contributed by atoms with Crippen molar-refractivity contribution >= 4 is 11.6 Å². The van der Waals surface area contributed by atoms with Gasteiger partial charge in [-0.25, -0.2) is 0 Å². The molecule has 0 aromatic heterocycles. The SMILES string of the molecule is CC(O)CC(=CCl)C(C)(C)N. The Kier molecular flexibility index (Phi) is 4.08. The predicted octanol–water partition coefficient (Wildman–Crippen LogP) is 1.62. The number of hydrogen-bond donors (Lipinski definition) is 2. The lowest BCUT2D eigenvalue weighted by molar-refractivity contribution is 0.191. The normalized spacial score (nSPS) is 16.7. The van der Waals surface area contributed by atoms with Crippen LogP contribution in [0.25, 0.3) is 0 Å². The van der Waals surface area contributed by atoms with Gasteiger partial charge in [-0.3, -0.25) is 0 Å². The monoisotopic (exact) mass is 177 g/mol. The largest absolute Gasteiger partial charge is 0.393 e. The van der Waals surface area contributed by atoms with E-state index in [2.05, 4.69) is 0 Å². The number of aliphatic hydroxyl groups excluding tert-OH is 1. The molecule has 1 atom stereocenters. The van der Waals surface area contributed by atoms with Crippen LogP contribution in [-0.4, -0.2) is 16.7 Å². The van der Waals surface area contributed by atoms with Crippen molar-refractivity contribution in [3.05, 3.63) is 11.1 Å². The maximum Gasteiger partial charge on any atom is 0.0550 e. The van der Waals surface area contributed by atoms with Crippen molar-refractivity contribution in [2.24, 2.45) is 5.73 Å². The van der Waals surface area contributed by atoms with E-state index in [1.807, 2.05) is 13.8 Å². The van der Waals surface area contributed by atoms with E-state index in [-0.39, 0.29) is 6.10 Å². The summed E-state index contributed by atoms with van der Waals surface area (Å²) in [5, 5.41) is 9.06. The highest BCUT2D eigenvalue weighted by molar-refractivity contribution is 6.25. The van der Waals surface area contributed by atoms with Crippen molar-refractivity contribution in [1.29, 1.82) is 0 Å². The molecule has 11 heavy (non-hydrogen) atoms. The molecule has 0 saturated heterocycles. The van der Waals surface area contributed by atoms with Crippen LogP contribution >= 0.6 is 11.6 Å². The molecule has 0 aliphatic heterocycles. The molecule has 1 unspecified atom stereocenters. The van der Waals surface area contributed by atoms with Crippen LogP contribution in [0, 0.1) is 0 Å². The minimum atomic E-state index is -0.432. The van der Waals surface area contributed by atoms with E-state index in [9.17, 15) is 0 Å². The van der Waals surface area contributed by atoms with E-state index in [0.717, 1.165) is 5.57 Å². The molecule has 0 aromatic carbocycles. The fourth-order valence-electron chi connectivity index (χ4n) is 0.766. The van der Waals surface area contributed by atoms with Gasteiger partial charge in [0.2, 0.25) is 0 Å². The number of nitrogens with two attached hydrogens (primary N) is 1. The molecule has 0 bridgehead atoms. The maximum absolute atomic E-state index is 9.06. The lowest BCUT2D eigenvalue weighted by Gasteiger charge is -2.23. The van der Waals surface area contributed by atoms with Gasteiger partial charge in [-0.05, 0) is 32.8 Å². The summed E-state index contributed by atoms with van der Waals surface area (Å²) in [6, 6.07) is 0. The first-order valence-electron chi connectivity index (χ1n) is 3.64. The molecule has 2 nitrogen and oxygen atoms in total. The molecule has 0 aromatic rings. The summed E-state index contributed by atoms with van der Waals surface area (Å²) in [5.41, 5.74) is 7.66. The van der Waals surface area contributed by atoms with Crippen LogP contribution in [0.3, 0.4) is 0 Å². The minimum Gasteiger partial charge on any atom is -0.393 e. The third-order valence-corrected chi connectivity index (χ3v) is 1.74. The van der Waals surface area contributed by atoms with Gasteiger partial charge in [0.15, 0.2) is 0 Å². The van der Waals surface area contributed by atoms with Gasteiger partial charge in [-0.15, -0.1) is 0 Å². The van der Waals surface area contributed by atoms with Crippen LogP contribution in [0.15, 0.2) is 11.1 Å². The van der Waals surface area contributed by atoms with Crippen LogP contribution in [0.5, 0.6) is 0 Å². The Labute approximate surface area is 73.0 Å². The summed E-state index contributed by atoms with van der Waals surface area (Å²) in [6.07, 6.45) is 0.148. The molecule has 0 amide bonds. The molecular formula is C8H16ClNO. The summed E-state index contributed by atoms with van der Waals surface area (Å²) < 4.78 is 0. The van der Waals surface area contributed by atoms with E-state index < -0.39 is 5.54 Å². The Morgan fingerprint density at radius 2 is 2.18 bits per heavy atom. The Morgan fingerprint density at radius 3 is 2.27 bits per heavy atom. The molecule has 0 rings (SSSR count). The topological polar surface area (TPSA) is 46.2 Å². The minimum absolute atomic E-state index is 0.386. The summed E-state index contributed by atoms with van der Waals surface area (Å²) in [6.45, 7) is 5.44. The van der Waals surface area contributed by atoms with Gasteiger partial charge in [-0.2, -0.15) is 0 Å². The van der Waals surface area contributed by atoms with E-state index in [4.69, 9.17) is 22.4 Å². The second-order valence-corrected chi connectivity index (χ2v) is 3.63. The fraction of sp³-hybridized carbons (Fsp3) is 0.750. The molecule has 0 radical (unpaired) electrons. The lowest BCUT2D eigenvalue weighted by atomic mass is 9.92. The van der Waals surface area contributed by atoms with Crippen molar-refractivity contribution in [3.63, 3.8) is 0 Å². The van der Waals surface area contributed by atoms with Gasteiger partial charge in [0.25, 0.3) is 0 Å². The van der Waals surface area contributed by atoms with Gasteiger partial charge in [-0.1, -0.05) is 11.6 Å². The number of aliphatic hydroxyl groups is 1. The molecule has 0 aliphatic carbocycles. The second-order valence-electron chi connectivity index (χ2n) is 3.41. The van der Waals surface area contributed by atoms with Crippen molar-refractivity contribution in [3.8, 4) is 0 Å². The van der Waals surface area contributed by atoms with Crippen molar-refractivity contribution in [2.75, 3.05) is 0 Å². The molecule has 0 aliphatic rings. The first-order valence-corrected chi connectivity index (χ1v) is 4.08. The average Bonchev–Trinajstić information content (AvgIpc) is 1.79. The molecular weight excluding hydrogens is 162 g/mol. The van der Waals surface area contributed by atoms with Crippen LogP contribution in [0.1, 0.15) is 27.2 Å². The summed E-state index contributed by atoms with van der Waals surface area (Å²) in [7, 11) is 0. The smallest absolute Gasteiger partial charge is 0.0550 e. The first-order chi connectivity index (χ1) is 4.88. The fourth-order valence-corrected chi connectivity index (χ4v) is 1.14. The third kappa shape index (κ3) is 4.40. The van der Waals surface area contributed by atoms with Gasteiger partial charge in [0.05, 0.1) is 6.10 Å². The van der Waals surface area contributed by atoms with E-state index in [0.29, 0.717) is 6.42 Å². The van der Waals surface area contributed by atoms with Crippen molar-refractivity contribution < 1.29 is 5.11 Å². The van der Waals surface area contributed by atoms with Gasteiger partial charge >= 0.3 is 0 Å². The third-order valence-electron chi connectivity index (χ3n) is 1.47. The van der Waals surface area contributed by atoms with Crippen molar-refractivity contribution in [1.82, 2.24) is 0 Å². The zero-order valence-corrected chi connectivity index (χ0v) is 8.02. The van der Waals surface area contributed by atoms with Crippen LogP contribution < -0.4 is 5.73 Å². The predicted molar refractivity (Wildman–Crippen MR) is 48.5 cm³/mol. The summed E-state index contributed by atoms with van der Waals surface area (Å²) >= 11 is 5.54. The van der Waals surface area contributed by atoms with E-state index >= 15 is 0 Å². The summed E-state index contributed by atoms with van der Waals surface area (Å²) in [4.78, 5) is 0. The maximum atomic E-state index is 9.06. The zero-order chi connectivity index (χ0) is 9.07. The highest BCUT2D eigenvalue weighted by Gasteiger charge is 2.18. The zero-order valence-electron chi connectivity index (χ0n) is 7.26. The van der Waals surface area contributed by atoms with Crippen LogP contribution in [0.4, 0.5) is 0 Å². The standard InChI is InChI=1S/C8H16ClNO/c1-6(11)4-7(5-9)8(2,3)10/h5-6,11H,4,10H2,1-3H3. The number of rotatable bonds is 3. The van der Waals surface area contributed by atoms with Crippen LogP contribution in [-0.2, 0) is 0 Å². The highest BCUT2D eigenvalue weighted by atomic mass is 35.5. The summed E-state index contributed by atoms with van der Waals surface area (Å²) in [5.74, 6) is 0. The quantitative estimate of drug-likeness (QED) is 0.688. The van der Waals surface area contributed by atoms with Gasteiger partial charge in [0, 0.05) is 11.1 Å². The molecule has 0 fully saturated rings. The van der Waals surface area contributed by atoms with Gasteiger partial charge in [0.1, 0.15) is 0 Å². The second kappa shape index (κ2) is 4.10. The van der Waals surface area contributed by atoms with Crippen molar-refractivity contribution in [2.45, 2.75) is 38.8 Å². The molecule has 3 heteroatoms. The van der Waals surface area contributed by atoms with E-state index in [1.54, 1.807) is 6.92 Å². The number of hydrogen-bond acceptors (Lipinski definition) is 2. The number of halogens is 1. The molecule has 3 N–H and O–H groups in total. The van der Waals surface area contributed by atoms with E-state index in [1.165, 1.54) is 5.54 Å². The van der Waals surface area contributed by atoms with Crippen LogP contribution in [0.2, 0.25) is 0 Å². The van der Waals surface area contributed by atoms with Gasteiger partial charge < -0.3 is 10.8 Å². The average molecular weight is 178 g/mol. The Bertz CT molecular complexity index is 147. The molecule has 0 spiro atoms. The molecule has 66 valence electrons. The molecule has 0 saturated carbocycles. The Hall–Kier alpha value is -0.0500. The first kappa shape index (κ1) is 11.0. The Balaban J connectivity index is 4.21. The lowest BCUT2D eigenvalue weighted by Crippen LogP contribution is -2.35. The molecule has 0 heterocycles.